The molecule has 0 fully saturated rings. The molecule has 158 valence electrons. The van der Waals surface area contributed by atoms with Gasteiger partial charge in [0.15, 0.2) is 11.8 Å². The Morgan fingerprint density at radius 2 is 0.571 bits per heavy atom. The van der Waals surface area contributed by atoms with E-state index in [0.29, 0.717) is 0 Å². The monoisotopic (exact) mass is 406 g/mol. The molecule has 0 amide bonds. The van der Waals surface area contributed by atoms with Crippen LogP contribution in [0, 0.1) is 23.7 Å². The summed E-state index contributed by atoms with van der Waals surface area (Å²) in [5.41, 5.74) is 0. The first-order chi connectivity index (χ1) is 13.2. The lowest BCUT2D eigenvalue weighted by molar-refractivity contribution is -0.182. The van der Waals surface area contributed by atoms with Crippen LogP contribution < -0.4 is 0 Å². The highest BCUT2D eigenvalue weighted by Gasteiger charge is 2.56. The fraction of sp³-hybridized carbons (Fsp3) is 0.625. The first-order valence-corrected chi connectivity index (χ1v) is 7.63. The predicted octanol–water partition coefficient (Wildman–Crippen LogP) is -1.51. The normalized spacial score (nSPS) is 12.4. The molecule has 0 radical (unpaired) electrons. The zero-order valence-corrected chi connectivity index (χ0v) is 16.2. The van der Waals surface area contributed by atoms with Crippen LogP contribution in [0.25, 0.3) is 0 Å². The van der Waals surface area contributed by atoms with Crippen LogP contribution in [-0.4, -0.2) is 78.5 Å². The second-order valence-electron chi connectivity index (χ2n) is 5.15. The number of methoxy groups -OCH3 is 6. The molecule has 2 unspecified atom stereocenters. The lowest BCUT2D eigenvalue weighted by Gasteiger charge is -2.30. The second-order valence-corrected chi connectivity index (χ2v) is 5.15. The summed E-state index contributed by atoms with van der Waals surface area (Å²) in [6.45, 7) is 0. The summed E-state index contributed by atoms with van der Waals surface area (Å²) in [6.07, 6.45) is 0. The third-order valence-corrected chi connectivity index (χ3v) is 3.87. The molecule has 12 heteroatoms. The van der Waals surface area contributed by atoms with E-state index in [1.54, 1.807) is 0 Å². The molecule has 28 heavy (non-hydrogen) atoms. The minimum atomic E-state index is -2.05. The maximum atomic E-state index is 12.4. The summed E-state index contributed by atoms with van der Waals surface area (Å²) < 4.78 is 27.1. The van der Waals surface area contributed by atoms with Gasteiger partial charge < -0.3 is 28.4 Å². The van der Waals surface area contributed by atoms with Gasteiger partial charge in [-0.1, -0.05) is 0 Å². The molecule has 0 saturated carbocycles. The van der Waals surface area contributed by atoms with E-state index in [-0.39, 0.29) is 0 Å². The van der Waals surface area contributed by atoms with E-state index in [2.05, 4.69) is 28.4 Å². The van der Waals surface area contributed by atoms with Gasteiger partial charge in [0.2, 0.25) is 0 Å². The molecule has 0 spiro atoms. The molecule has 0 aliphatic rings. The summed E-state index contributed by atoms with van der Waals surface area (Å²) in [5.74, 6) is -15.8. The first kappa shape index (κ1) is 24.8. The number of hydrogen-bond acceptors (Lipinski definition) is 12. The van der Waals surface area contributed by atoms with E-state index in [0.717, 1.165) is 42.7 Å². The van der Waals surface area contributed by atoms with Crippen molar-refractivity contribution in [1.29, 1.82) is 0 Å². The highest BCUT2D eigenvalue weighted by atomic mass is 16.6. The molecule has 0 aliphatic carbocycles. The molecule has 2 atom stereocenters. The lowest BCUT2D eigenvalue weighted by Crippen LogP contribution is -2.50. The van der Waals surface area contributed by atoms with Crippen LogP contribution in [0.15, 0.2) is 0 Å². The Morgan fingerprint density at radius 3 is 0.714 bits per heavy atom. The Morgan fingerprint density at radius 1 is 0.393 bits per heavy atom. The van der Waals surface area contributed by atoms with E-state index >= 15 is 0 Å². The summed E-state index contributed by atoms with van der Waals surface area (Å²) in [6, 6.07) is 0. The second kappa shape index (κ2) is 11.5. The van der Waals surface area contributed by atoms with Crippen molar-refractivity contribution in [2.45, 2.75) is 0 Å². The van der Waals surface area contributed by atoms with Gasteiger partial charge in [0, 0.05) is 0 Å². The molecular weight excluding hydrogens is 384 g/mol. The number of carbonyl (C=O) groups excluding carboxylic acids is 6. The Balaban J connectivity index is 6.80. The number of ether oxygens (including phenoxy) is 6. The summed E-state index contributed by atoms with van der Waals surface area (Å²) in [5, 5.41) is 0. The number of hydrogen-bond donors (Lipinski definition) is 0. The Hall–Kier alpha value is -3.18. The van der Waals surface area contributed by atoms with Crippen molar-refractivity contribution >= 4 is 35.8 Å². The van der Waals surface area contributed by atoms with Crippen molar-refractivity contribution in [2.75, 3.05) is 42.7 Å². The fourth-order valence-electron chi connectivity index (χ4n) is 2.54. The topological polar surface area (TPSA) is 158 Å². The van der Waals surface area contributed by atoms with Crippen LogP contribution in [0.1, 0.15) is 0 Å². The van der Waals surface area contributed by atoms with Gasteiger partial charge in [-0.25, -0.2) is 0 Å². The van der Waals surface area contributed by atoms with E-state index in [1.165, 1.54) is 0 Å². The lowest BCUT2D eigenvalue weighted by atomic mass is 9.74. The first-order valence-electron chi connectivity index (χ1n) is 7.63. The van der Waals surface area contributed by atoms with Gasteiger partial charge >= 0.3 is 35.8 Å². The Bertz CT molecular complexity index is 539. The zero-order chi connectivity index (χ0) is 22.0. The van der Waals surface area contributed by atoms with Crippen LogP contribution >= 0.6 is 0 Å². The summed E-state index contributed by atoms with van der Waals surface area (Å²) in [4.78, 5) is 73.6. The fourth-order valence-corrected chi connectivity index (χ4v) is 2.54. The molecular formula is C16H22O12. The van der Waals surface area contributed by atoms with Gasteiger partial charge in [-0.3, -0.25) is 28.8 Å². The van der Waals surface area contributed by atoms with Crippen LogP contribution in [0.3, 0.4) is 0 Å². The van der Waals surface area contributed by atoms with Crippen molar-refractivity contribution in [3.63, 3.8) is 0 Å². The van der Waals surface area contributed by atoms with E-state index in [4.69, 9.17) is 0 Å². The Labute approximate surface area is 160 Å². The van der Waals surface area contributed by atoms with Crippen molar-refractivity contribution in [2.24, 2.45) is 23.7 Å². The molecule has 0 aromatic heterocycles. The van der Waals surface area contributed by atoms with Crippen molar-refractivity contribution in [1.82, 2.24) is 0 Å². The van der Waals surface area contributed by atoms with Crippen molar-refractivity contribution in [3.8, 4) is 0 Å². The number of rotatable bonds is 9. The van der Waals surface area contributed by atoms with Crippen molar-refractivity contribution < 1.29 is 57.2 Å². The van der Waals surface area contributed by atoms with Crippen LogP contribution in [0.2, 0.25) is 0 Å². The maximum absolute atomic E-state index is 12.4. The SMILES string of the molecule is COC(=O)C(C(=O)OC)C(C(=O)OC)C(C(=O)OC)C(C(=O)OC)C(=O)OC. The molecule has 0 aliphatic heterocycles. The third-order valence-electron chi connectivity index (χ3n) is 3.87. The summed E-state index contributed by atoms with van der Waals surface area (Å²) >= 11 is 0. The van der Waals surface area contributed by atoms with Gasteiger partial charge in [-0.15, -0.1) is 0 Å². The predicted molar refractivity (Wildman–Crippen MR) is 86.1 cm³/mol. The molecule has 0 rings (SSSR count). The van der Waals surface area contributed by atoms with Gasteiger partial charge in [0.1, 0.15) is 0 Å². The van der Waals surface area contributed by atoms with Crippen LogP contribution in [0.5, 0.6) is 0 Å². The number of carbonyl (C=O) groups is 6. The molecule has 0 saturated heterocycles. The third kappa shape index (κ3) is 5.41. The smallest absolute Gasteiger partial charge is 0.320 e. The Kier molecular flexibility index (Phi) is 10.2. The molecule has 12 nitrogen and oxygen atoms in total. The van der Waals surface area contributed by atoms with E-state index in [1.807, 2.05) is 0 Å². The maximum Gasteiger partial charge on any atom is 0.320 e. The van der Waals surface area contributed by atoms with E-state index in [9.17, 15) is 28.8 Å². The molecule has 0 aromatic rings. The van der Waals surface area contributed by atoms with Gasteiger partial charge in [-0.2, -0.15) is 0 Å². The zero-order valence-electron chi connectivity index (χ0n) is 16.2. The van der Waals surface area contributed by atoms with Gasteiger partial charge in [0.05, 0.1) is 54.5 Å². The minimum absolute atomic E-state index is 0.903. The molecule has 0 bridgehead atoms. The van der Waals surface area contributed by atoms with Crippen molar-refractivity contribution in [3.05, 3.63) is 0 Å². The average molecular weight is 406 g/mol. The summed E-state index contributed by atoms with van der Waals surface area (Å²) in [7, 11) is 5.46. The number of esters is 6. The highest BCUT2D eigenvalue weighted by molar-refractivity contribution is 6.04. The van der Waals surface area contributed by atoms with Crippen LogP contribution in [0.4, 0.5) is 0 Å². The molecule has 0 N–H and O–H groups in total. The highest BCUT2D eigenvalue weighted by Crippen LogP contribution is 2.33. The average Bonchev–Trinajstić information content (AvgIpc) is 2.72. The van der Waals surface area contributed by atoms with Gasteiger partial charge in [-0.05, 0) is 0 Å². The minimum Gasteiger partial charge on any atom is -0.469 e. The van der Waals surface area contributed by atoms with Gasteiger partial charge in [0.25, 0.3) is 0 Å². The molecule has 0 aromatic carbocycles. The van der Waals surface area contributed by atoms with Crippen LogP contribution in [-0.2, 0) is 57.2 Å². The standard InChI is InChI=1S/C16H22O12/c1-23-11(17)7(9(13(19)25-3)14(20)26-4)8(12(18)24-2)10(15(21)27-5)16(22)28-6/h7-10H,1-6H3. The van der Waals surface area contributed by atoms with E-state index < -0.39 is 59.5 Å². The molecule has 0 heterocycles. The largest absolute Gasteiger partial charge is 0.469 e. The quantitative estimate of drug-likeness (QED) is 0.248.